The van der Waals surface area contributed by atoms with Gasteiger partial charge in [0.1, 0.15) is 6.04 Å². The van der Waals surface area contributed by atoms with Crippen LogP contribution in [-0.4, -0.2) is 49.6 Å². The molecular formula is C32H46N4O5. The molecule has 2 aromatic rings. The SMILES string of the molecule is CC(C)(C)NC(=O)C(c1cccc(CC2CCC2)c1)N(CCC(O)C1CCCC1)C(=O)CCn1cc[nH]c(=O)c1=O. The summed E-state index contributed by atoms with van der Waals surface area (Å²) in [5.41, 5.74) is -0.110. The van der Waals surface area contributed by atoms with Gasteiger partial charge in [0.2, 0.25) is 11.8 Å². The van der Waals surface area contributed by atoms with Gasteiger partial charge in [-0.05, 0) is 69.4 Å². The van der Waals surface area contributed by atoms with Crippen molar-refractivity contribution in [3.8, 4) is 0 Å². The Labute approximate surface area is 242 Å². The molecule has 4 rings (SSSR count). The molecule has 1 aromatic carbocycles. The summed E-state index contributed by atoms with van der Waals surface area (Å²) in [6, 6.07) is 7.07. The second kappa shape index (κ2) is 13.6. The average Bonchev–Trinajstić information content (AvgIpc) is 3.43. The van der Waals surface area contributed by atoms with Crippen LogP contribution in [0.2, 0.25) is 0 Å². The van der Waals surface area contributed by atoms with E-state index < -0.39 is 28.8 Å². The van der Waals surface area contributed by atoms with Crippen molar-refractivity contribution < 1.29 is 14.7 Å². The predicted molar refractivity (Wildman–Crippen MR) is 158 cm³/mol. The van der Waals surface area contributed by atoms with Gasteiger partial charge in [-0.3, -0.25) is 19.2 Å². The highest BCUT2D eigenvalue weighted by Gasteiger charge is 2.34. The van der Waals surface area contributed by atoms with Gasteiger partial charge in [0.15, 0.2) is 0 Å². The second-order valence-corrected chi connectivity index (χ2v) is 12.9. The average molecular weight is 567 g/mol. The molecule has 1 aromatic heterocycles. The van der Waals surface area contributed by atoms with E-state index in [0.717, 1.165) is 43.2 Å². The van der Waals surface area contributed by atoms with E-state index in [4.69, 9.17) is 0 Å². The first kappa shape index (κ1) is 30.8. The number of aromatic nitrogens is 2. The number of carbonyl (C=O) groups excluding carboxylic acids is 2. The molecule has 2 fully saturated rings. The summed E-state index contributed by atoms with van der Waals surface area (Å²) in [6.07, 6.45) is 11.3. The van der Waals surface area contributed by atoms with Crippen molar-refractivity contribution in [3.63, 3.8) is 0 Å². The third-order valence-electron chi connectivity index (χ3n) is 8.49. The number of nitrogens with one attached hydrogen (secondary N) is 2. The zero-order valence-corrected chi connectivity index (χ0v) is 24.7. The summed E-state index contributed by atoms with van der Waals surface area (Å²) in [4.78, 5) is 55.8. The van der Waals surface area contributed by atoms with E-state index in [1.165, 1.54) is 36.2 Å². The Morgan fingerprint density at radius 3 is 2.51 bits per heavy atom. The second-order valence-electron chi connectivity index (χ2n) is 12.9. The molecule has 2 saturated carbocycles. The molecule has 2 amide bonds. The van der Waals surface area contributed by atoms with E-state index in [-0.39, 0.29) is 37.2 Å². The molecule has 0 radical (unpaired) electrons. The van der Waals surface area contributed by atoms with Crippen molar-refractivity contribution in [2.75, 3.05) is 6.54 Å². The number of aliphatic hydroxyl groups is 1. The molecular weight excluding hydrogens is 520 g/mol. The van der Waals surface area contributed by atoms with Gasteiger partial charge in [-0.2, -0.15) is 0 Å². The fourth-order valence-corrected chi connectivity index (χ4v) is 6.08. The molecule has 0 saturated heterocycles. The summed E-state index contributed by atoms with van der Waals surface area (Å²) < 4.78 is 1.21. The molecule has 0 spiro atoms. The highest BCUT2D eigenvalue weighted by atomic mass is 16.3. The Hall–Kier alpha value is -3.20. The third kappa shape index (κ3) is 8.41. The van der Waals surface area contributed by atoms with E-state index >= 15 is 0 Å². The predicted octanol–water partition coefficient (Wildman–Crippen LogP) is 3.70. The monoisotopic (exact) mass is 566 g/mol. The van der Waals surface area contributed by atoms with Crippen molar-refractivity contribution in [3.05, 3.63) is 68.5 Å². The van der Waals surface area contributed by atoms with Crippen LogP contribution in [0, 0.1) is 11.8 Å². The largest absolute Gasteiger partial charge is 0.393 e. The van der Waals surface area contributed by atoms with Crippen LogP contribution in [0.3, 0.4) is 0 Å². The first-order valence-corrected chi connectivity index (χ1v) is 15.2. The minimum absolute atomic E-state index is 0.0125. The molecule has 3 N–H and O–H groups in total. The molecule has 224 valence electrons. The van der Waals surface area contributed by atoms with Crippen molar-refractivity contribution in [2.45, 2.75) is 109 Å². The lowest BCUT2D eigenvalue weighted by Crippen LogP contribution is -2.50. The van der Waals surface area contributed by atoms with Gasteiger partial charge in [-0.25, -0.2) is 0 Å². The van der Waals surface area contributed by atoms with Crippen LogP contribution >= 0.6 is 0 Å². The van der Waals surface area contributed by atoms with Crippen molar-refractivity contribution in [2.24, 2.45) is 11.8 Å². The standard InChI is InChI=1S/C32H46N4O5/c1-32(2,3)34-29(39)28(25-13-7-10-23(21-25)20-22-8-6-9-22)36(18-14-26(37)24-11-4-5-12-24)27(38)15-17-35-19-16-33-30(40)31(35)41/h7,10,13,16,19,21-22,24,26,28,37H,4-6,8-9,11-12,14-15,17-18,20H2,1-3H3,(H,33,40)(H,34,39). The molecule has 9 heteroatoms. The summed E-state index contributed by atoms with van der Waals surface area (Å²) >= 11 is 0. The number of rotatable bonds is 12. The summed E-state index contributed by atoms with van der Waals surface area (Å²) in [5.74, 6) is 0.262. The summed E-state index contributed by atoms with van der Waals surface area (Å²) in [5, 5.41) is 14.1. The number of H-pyrrole nitrogens is 1. The topological polar surface area (TPSA) is 124 Å². The normalized spacial score (nSPS) is 17.6. The maximum absolute atomic E-state index is 13.9. The molecule has 2 unspecified atom stereocenters. The molecule has 1 heterocycles. The number of hydrogen-bond acceptors (Lipinski definition) is 5. The van der Waals surface area contributed by atoms with Crippen LogP contribution in [0.4, 0.5) is 0 Å². The number of amides is 2. The number of aliphatic hydroxyl groups excluding tert-OH is 1. The Balaban J connectivity index is 1.64. The van der Waals surface area contributed by atoms with Crippen LogP contribution in [0.1, 0.15) is 95.7 Å². The molecule has 0 bridgehead atoms. The molecule has 41 heavy (non-hydrogen) atoms. The van der Waals surface area contributed by atoms with Gasteiger partial charge in [0.25, 0.3) is 0 Å². The van der Waals surface area contributed by atoms with Crippen LogP contribution in [0.25, 0.3) is 0 Å². The summed E-state index contributed by atoms with van der Waals surface area (Å²) in [6.45, 7) is 5.94. The van der Waals surface area contributed by atoms with Crippen molar-refractivity contribution in [1.29, 1.82) is 0 Å². The van der Waals surface area contributed by atoms with Crippen molar-refractivity contribution in [1.82, 2.24) is 19.8 Å². The van der Waals surface area contributed by atoms with Gasteiger partial charge in [0.05, 0.1) is 6.10 Å². The van der Waals surface area contributed by atoms with Gasteiger partial charge in [-0.1, -0.05) is 56.4 Å². The highest BCUT2D eigenvalue weighted by molar-refractivity contribution is 5.89. The smallest absolute Gasteiger partial charge is 0.316 e. The fraction of sp³-hybridized carbons (Fsp3) is 0.625. The quantitative estimate of drug-likeness (QED) is 0.338. The van der Waals surface area contributed by atoms with E-state index in [9.17, 15) is 24.3 Å². The molecule has 0 aliphatic heterocycles. The van der Waals surface area contributed by atoms with E-state index in [1.54, 1.807) is 4.90 Å². The number of carbonyl (C=O) groups is 2. The van der Waals surface area contributed by atoms with Gasteiger partial charge in [-0.15, -0.1) is 0 Å². The number of benzene rings is 1. The number of hydrogen-bond donors (Lipinski definition) is 3. The Morgan fingerprint density at radius 1 is 1.12 bits per heavy atom. The van der Waals surface area contributed by atoms with E-state index in [0.29, 0.717) is 12.3 Å². The van der Waals surface area contributed by atoms with Crippen LogP contribution in [0.15, 0.2) is 46.2 Å². The molecule has 2 atom stereocenters. The van der Waals surface area contributed by atoms with E-state index in [2.05, 4.69) is 16.4 Å². The minimum atomic E-state index is -0.894. The minimum Gasteiger partial charge on any atom is -0.393 e. The van der Waals surface area contributed by atoms with Gasteiger partial charge >= 0.3 is 11.1 Å². The maximum atomic E-state index is 13.9. The lowest BCUT2D eigenvalue weighted by atomic mass is 9.80. The van der Waals surface area contributed by atoms with Crippen molar-refractivity contribution >= 4 is 11.8 Å². The van der Waals surface area contributed by atoms with Crippen LogP contribution < -0.4 is 16.4 Å². The summed E-state index contributed by atoms with van der Waals surface area (Å²) in [7, 11) is 0. The lowest BCUT2D eigenvalue weighted by molar-refractivity contribution is -0.142. The van der Waals surface area contributed by atoms with Gasteiger partial charge < -0.3 is 24.9 Å². The Morgan fingerprint density at radius 2 is 1.85 bits per heavy atom. The van der Waals surface area contributed by atoms with Crippen LogP contribution in [0.5, 0.6) is 0 Å². The molecule has 2 aliphatic rings. The first-order chi connectivity index (χ1) is 19.5. The lowest BCUT2D eigenvalue weighted by Gasteiger charge is -2.35. The van der Waals surface area contributed by atoms with Crippen LogP contribution in [-0.2, 0) is 22.6 Å². The first-order valence-electron chi connectivity index (χ1n) is 15.2. The molecule has 9 nitrogen and oxygen atoms in total. The third-order valence-corrected chi connectivity index (χ3v) is 8.49. The Kier molecular flexibility index (Phi) is 10.2. The fourth-order valence-electron chi connectivity index (χ4n) is 6.08. The zero-order chi connectivity index (χ0) is 29.6. The Bertz CT molecular complexity index is 1300. The zero-order valence-electron chi connectivity index (χ0n) is 24.7. The molecule has 2 aliphatic carbocycles. The van der Waals surface area contributed by atoms with Gasteiger partial charge in [0, 0.05) is 37.4 Å². The maximum Gasteiger partial charge on any atom is 0.316 e. The number of aromatic amines is 1. The number of aryl methyl sites for hydroxylation is 1. The highest BCUT2D eigenvalue weighted by Crippen LogP contribution is 2.33. The number of nitrogens with zero attached hydrogens (tertiary/aromatic N) is 2. The van der Waals surface area contributed by atoms with E-state index in [1.807, 2.05) is 39.0 Å².